The molecule has 3 aromatic rings. The lowest BCUT2D eigenvalue weighted by Gasteiger charge is -2.17. The minimum atomic E-state index is -1.05. The Kier molecular flexibility index (Phi) is 5.31. The zero-order chi connectivity index (χ0) is 20.2. The third-order valence-corrected chi connectivity index (χ3v) is 4.73. The normalized spacial score (nSPS) is 15.6. The summed E-state index contributed by atoms with van der Waals surface area (Å²) in [6.07, 6.45) is 4.11. The number of aromatic nitrogens is 3. The number of amides is 1. The molecule has 8 nitrogen and oxygen atoms in total. The maximum absolute atomic E-state index is 11.1. The van der Waals surface area contributed by atoms with Gasteiger partial charge in [0.1, 0.15) is 12.1 Å². The summed E-state index contributed by atoms with van der Waals surface area (Å²) in [4.78, 5) is 15.6. The third-order valence-electron chi connectivity index (χ3n) is 4.73. The lowest BCUT2D eigenvalue weighted by atomic mass is 9.99. The van der Waals surface area contributed by atoms with Gasteiger partial charge in [-0.15, -0.1) is 0 Å². The second kappa shape index (κ2) is 8.20. The number of aliphatic hydroxyl groups excluding tert-OH is 1. The molecule has 0 radical (unpaired) electrons. The Hall–Kier alpha value is -3.57. The molecule has 0 saturated carbocycles. The topological polar surface area (TPSA) is 109 Å². The molecule has 0 aliphatic carbocycles. The summed E-state index contributed by atoms with van der Waals surface area (Å²) in [6, 6.07) is 7.30. The van der Waals surface area contributed by atoms with Crippen LogP contribution < -0.4 is 10.1 Å². The number of carbonyl (C=O) groups is 1. The van der Waals surface area contributed by atoms with Crippen molar-refractivity contribution in [1.82, 2.24) is 19.9 Å². The summed E-state index contributed by atoms with van der Waals surface area (Å²) in [5.74, 6) is 6.57. The van der Waals surface area contributed by atoms with Gasteiger partial charge >= 0.3 is 6.09 Å². The van der Waals surface area contributed by atoms with E-state index in [1.165, 1.54) is 6.33 Å². The first kappa shape index (κ1) is 18.8. The fourth-order valence-electron chi connectivity index (χ4n) is 3.46. The van der Waals surface area contributed by atoms with E-state index in [1.807, 2.05) is 30.5 Å². The molecule has 2 aromatic heterocycles. The second-order valence-electron chi connectivity index (χ2n) is 6.69. The van der Waals surface area contributed by atoms with E-state index in [0.29, 0.717) is 25.2 Å². The van der Waals surface area contributed by atoms with Gasteiger partial charge in [-0.05, 0) is 25.0 Å². The molecule has 3 N–H and O–H groups in total. The van der Waals surface area contributed by atoms with Crippen molar-refractivity contribution in [3.63, 3.8) is 0 Å². The molecule has 0 fully saturated rings. The summed E-state index contributed by atoms with van der Waals surface area (Å²) in [6.45, 7) is 0.557. The minimum Gasteiger partial charge on any atom is -0.493 e. The van der Waals surface area contributed by atoms with Gasteiger partial charge in [-0.25, -0.2) is 14.3 Å². The maximum Gasteiger partial charge on any atom is 0.405 e. The Balaban J connectivity index is 1.74. The van der Waals surface area contributed by atoms with Crippen molar-refractivity contribution in [2.75, 3.05) is 13.2 Å². The Morgan fingerprint density at radius 1 is 1.38 bits per heavy atom. The smallest absolute Gasteiger partial charge is 0.405 e. The predicted molar refractivity (Wildman–Crippen MR) is 106 cm³/mol. The number of aliphatic hydroxyl groups is 1. The van der Waals surface area contributed by atoms with Crippen LogP contribution in [0.2, 0.25) is 0 Å². The molecular weight excluding hydrogens is 372 g/mol. The SMILES string of the molecule is O=C(O)NC1CCCOc2cc(-c3ncnn4cc(C#CCCO)cc34)ccc21. The first-order chi connectivity index (χ1) is 14.2. The summed E-state index contributed by atoms with van der Waals surface area (Å²) in [5, 5.41) is 24.8. The number of rotatable bonds is 3. The van der Waals surface area contributed by atoms with Gasteiger partial charge in [-0.2, -0.15) is 5.10 Å². The standard InChI is InChI=1S/C21H20N4O4/c26-8-2-1-4-14-10-18-20(22-13-23-25(18)12-14)15-6-7-16-17(24-21(27)28)5-3-9-29-19(16)11-15/h6-7,10-13,17,24,26H,2-3,5,8-9H2,(H,27,28). The molecule has 1 unspecified atom stereocenters. The van der Waals surface area contributed by atoms with Gasteiger partial charge in [0, 0.05) is 29.3 Å². The van der Waals surface area contributed by atoms with Crippen LogP contribution in [-0.4, -0.2) is 44.1 Å². The zero-order valence-electron chi connectivity index (χ0n) is 15.6. The average molecular weight is 392 g/mol. The van der Waals surface area contributed by atoms with Crippen LogP contribution in [0.25, 0.3) is 16.8 Å². The van der Waals surface area contributed by atoms with Crippen molar-refractivity contribution in [2.24, 2.45) is 0 Å². The van der Waals surface area contributed by atoms with Crippen molar-refractivity contribution in [3.8, 4) is 28.8 Å². The van der Waals surface area contributed by atoms with Crippen LogP contribution in [-0.2, 0) is 0 Å². The van der Waals surface area contributed by atoms with Crippen LogP contribution in [0.1, 0.15) is 36.4 Å². The number of hydrogen-bond donors (Lipinski definition) is 3. The van der Waals surface area contributed by atoms with E-state index in [-0.39, 0.29) is 12.6 Å². The fourth-order valence-corrected chi connectivity index (χ4v) is 3.46. The van der Waals surface area contributed by atoms with E-state index in [0.717, 1.165) is 34.3 Å². The molecule has 29 heavy (non-hydrogen) atoms. The summed E-state index contributed by atoms with van der Waals surface area (Å²) in [7, 11) is 0. The van der Waals surface area contributed by atoms with Gasteiger partial charge in [0.05, 0.1) is 30.5 Å². The number of ether oxygens (including phenoxy) is 1. The van der Waals surface area contributed by atoms with Crippen molar-refractivity contribution >= 4 is 11.6 Å². The van der Waals surface area contributed by atoms with Crippen LogP contribution in [0, 0.1) is 11.8 Å². The zero-order valence-corrected chi connectivity index (χ0v) is 15.6. The lowest BCUT2D eigenvalue weighted by molar-refractivity contribution is 0.189. The van der Waals surface area contributed by atoms with E-state index in [9.17, 15) is 4.79 Å². The van der Waals surface area contributed by atoms with Crippen LogP contribution in [0.4, 0.5) is 4.79 Å². The molecular formula is C21H20N4O4. The average Bonchev–Trinajstić information content (AvgIpc) is 3.03. The summed E-state index contributed by atoms with van der Waals surface area (Å²) < 4.78 is 7.59. The largest absolute Gasteiger partial charge is 0.493 e. The highest BCUT2D eigenvalue weighted by atomic mass is 16.5. The van der Waals surface area contributed by atoms with Gasteiger partial charge in [0.2, 0.25) is 0 Å². The van der Waals surface area contributed by atoms with Crippen LogP contribution in [0.3, 0.4) is 0 Å². The molecule has 1 aliphatic rings. The first-order valence-corrected chi connectivity index (χ1v) is 9.35. The maximum atomic E-state index is 11.1. The number of benzene rings is 1. The molecule has 8 heteroatoms. The highest BCUT2D eigenvalue weighted by Crippen LogP contribution is 2.35. The molecule has 1 aromatic carbocycles. The second-order valence-corrected chi connectivity index (χ2v) is 6.69. The molecule has 148 valence electrons. The highest BCUT2D eigenvalue weighted by Gasteiger charge is 2.22. The molecule has 4 rings (SSSR count). The van der Waals surface area contributed by atoms with Crippen molar-refractivity contribution in [2.45, 2.75) is 25.3 Å². The van der Waals surface area contributed by atoms with Gasteiger partial charge in [-0.3, -0.25) is 0 Å². The van der Waals surface area contributed by atoms with Gasteiger partial charge in [-0.1, -0.05) is 24.0 Å². The quantitative estimate of drug-likeness (QED) is 0.591. The van der Waals surface area contributed by atoms with Crippen molar-refractivity contribution < 1.29 is 19.7 Å². The predicted octanol–water partition coefficient (Wildman–Crippen LogP) is 2.61. The molecule has 0 bridgehead atoms. The van der Waals surface area contributed by atoms with Gasteiger partial charge in [0.25, 0.3) is 0 Å². The Labute approximate surface area is 167 Å². The van der Waals surface area contributed by atoms with E-state index in [4.69, 9.17) is 14.9 Å². The van der Waals surface area contributed by atoms with Gasteiger partial charge < -0.3 is 20.3 Å². The minimum absolute atomic E-state index is 0.0261. The first-order valence-electron chi connectivity index (χ1n) is 9.35. The van der Waals surface area contributed by atoms with Crippen molar-refractivity contribution in [1.29, 1.82) is 0 Å². The Morgan fingerprint density at radius 3 is 3.10 bits per heavy atom. The molecule has 0 spiro atoms. The van der Waals surface area contributed by atoms with Gasteiger partial charge in [0.15, 0.2) is 0 Å². The summed E-state index contributed by atoms with van der Waals surface area (Å²) in [5.41, 5.74) is 3.99. The Bertz CT molecular complexity index is 1110. The summed E-state index contributed by atoms with van der Waals surface area (Å²) >= 11 is 0. The lowest BCUT2D eigenvalue weighted by Crippen LogP contribution is -2.26. The van der Waals surface area contributed by atoms with Crippen LogP contribution >= 0.6 is 0 Å². The Morgan fingerprint density at radius 2 is 2.28 bits per heavy atom. The van der Waals surface area contributed by atoms with E-state index in [2.05, 4.69) is 27.2 Å². The van der Waals surface area contributed by atoms with E-state index < -0.39 is 6.09 Å². The number of carboxylic acid groups (broad SMARTS) is 1. The van der Waals surface area contributed by atoms with Crippen LogP contribution in [0.15, 0.2) is 36.8 Å². The number of nitrogens with zero attached hydrogens (tertiary/aromatic N) is 3. The highest BCUT2D eigenvalue weighted by molar-refractivity contribution is 5.79. The molecule has 0 saturated heterocycles. The van der Waals surface area contributed by atoms with Crippen LogP contribution in [0.5, 0.6) is 5.75 Å². The van der Waals surface area contributed by atoms with E-state index in [1.54, 1.807) is 4.52 Å². The molecule has 1 amide bonds. The number of hydrogen-bond acceptors (Lipinski definition) is 5. The third kappa shape index (κ3) is 4.00. The molecule has 3 heterocycles. The number of nitrogens with one attached hydrogen (secondary N) is 1. The fraction of sp³-hybridized carbons (Fsp3) is 0.286. The van der Waals surface area contributed by atoms with Crippen molar-refractivity contribution in [3.05, 3.63) is 47.9 Å². The van der Waals surface area contributed by atoms with E-state index >= 15 is 0 Å². The molecule has 1 atom stereocenters. The monoisotopic (exact) mass is 392 g/mol. The number of fused-ring (bicyclic) bond motifs is 2. The molecule has 1 aliphatic heterocycles.